The first-order valence-electron chi connectivity index (χ1n) is 9.07. The maximum absolute atomic E-state index is 14.2. The van der Waals surface area contributed by atoms with E-state index in [9.17, 15) is 14.3 Å². The van der Waals surface area contributed by atoms with Crippen LogP contribution in [0.4, 0.5) is 4.39 Å². The zero-order chi connectivity index (χ0) is 19.0. The van der Waals surface area contributed by atoms with Crippen molar-refractivity contribution in [3.8, 4) is 5.75 Å². The van der Waals surface area contributed by atoms with Crippen molar-refractivity contribution in [1.29, 1.82) is 0 Å². The summed E-state index contributed by atoms with van der Waals surface area (Å²) in [6.45, 7) is 0.161. The lowest BCUT2D eigenvalue weighted by Gasteiger charge is -2.26. The monoisotopic (exact) mass is 389 g/mol. The molecule has 0 bridgehead atoms. The van der Waals surface area contributed by atoms with Crippen LogP contribution in [0.3, 0.4) is 0 Å². The molecule has 2 unspecified atom stereocenters. The molecule has 1 saturated carbocycles. The van der Waals surface area contributed by atoms with Crippen molar-refractivity contribution < 1.29 is 14.3 Å². The number of hydrogen-bond donors (Lipinski definition) is 3. The summed E-state index contributed by atoms with van der Waals surface area (Å²) in [5, 5.41) is 10.4. The Morgan fingerprint density at radius 2 is 1.96 bits per heavy atom. The largest absolute Gasteiger partial charge is 0.508 e. The Bertz CT molecular complexity index is 839. The molecule has 2 aliphatic rings. The number of hydrogen-bond acceptors (Lipinski definition) is 4. The van der Waals surface area contributed by atoms with Gasteiger partial charge in [0, 0.05) is 22.2 Å². The van der Waals surface area contributed by atoms with Crippen LogP contribution in [0.25, 0.3) is 0 Å². The molecule has 1 heterocycles. The lowest BCUT2D eigenvalue weighted by molar-refractivity contribution is -0.134. The molecule has 2 aromatic rings. The van der Waals surface area contributed by atoms with Crippen molar-refractivity contribution in [2.45, 2.75) is 43.9 Å². The van der Waals surface area contributed by atoms with Crippen LogP contribution >= 0.6 is 11.6 Å². The molecule has 1 aliphatic carbocycles. The van der Waals surface area contributed by atoms with E-state index in [1.807, 2.05) is 12.1 Å². The van der Waals surface area contributed by atoms with E-state index in [-0.39, 0.29) is 30.3 Å². The number of phenolic OH excluding ortho intramolecular Hbond substituents is 1. The van der Waals surface area contributed by atoms with Crippen LogP contribution in [-0.4, -0.2) is 28.0 Å². The van der Waals surface area contributed by atoms with Crippen LogP contribution in [0.15, 0.2) is 42.5 Å². The number of amides is 1. The summed E-state index contributed by atoms with van der Waals surface area (Å²) >= 11 is 6.15. The molecule has 1 saturated heterocycles. The van der Waals surface area contributed by atoms with Crippen molar-refractivity contribution >= 4 is 17.5 Å². The SMILES string of the molecule is O=C(C1CC(c2ccccc2O)NN1)N(Cc1c(F)cccc1Cl)C1CC1. The van der Waals surface area contributed by atoms with Gasteiger partial charge in [0.15, 0.2) is 0 Å². The molecule has 7 heteroatoms. The number of carbonyl (C=O) groups excluding carboxylic acids is 1. The number of aromatic hydroxyl groups is 1. The van der Waals surface area contributed by atoms with Crippen molar-refractivity contribution in [1.82, 2.24) is 15.8 Å². The van der Waals surface area contributed by atoms with Gasteiger partial charge < -0.3 is 10.0 Å². The van der Waals surface area contributed by atoms with Gasteiger partial charge >= 0.3 is 0 Å². The van der Waals surface area contributed by atoms with E-state index in [2.05, 4.69) is 10.9 Å². The molecular weight excluding hydrogens is 369 g/mol. The fourth-order valence-corrected chi connectivity index (χ4v) is 3.75. The lowest BCUT2D eigenvalue weighted by atomic mass is 10.0. The van der Waals surface area contributed by atoms with Crippen molar-refractivity contribution in [2.75, 3.05) is 0 Å². The van der Waals surface area contributed by atoms with Gasteiger partial charge in [0.1, 0.15) is 17.6 Å². The van der Waals surface area contributed by atoms with Crippen LogP contribution in [0.2, 0.25) is 5.02 Å². The lowest BCUT2D eigenvalue weighted by Crippen LogP contribution is -2.46. The summed E-state index contributed by atoms with van der Waals surface area (Å²) in [4.78, 5) is 14.8. The van der Waals surface area contributed by atoms with E-state index in [1.54, 1.807) is 29.2 Å². The summed E-state index contributed by atoms with van der Waals surface area (Å²) in [7, 11) is 0. The number of para-hydroxylation sites is 1. The molecule has 1 aliphatic heterocycles. The Morgan fingerprint density at radius 1 is 1.19 bits per heavy atom. The highest BCUT2D eigenvalue weighted by Gasteiger charge is 2.39. The van der Waals surface area contributed by atoms with Crippen molar-refractivity contribution in [3.63, 3.8) is 0 Å². The van der Waals surface area contributed by atoms with E-state index >= 15 is 0 Å². The third kappa shape index (κ3) is 3.78. The molecule has 4 rings (SSSR count). The predicted molar refractivity (Wildman–Crippen MR) is 101 cm³/mol. The minimum atomic E-state index is -0.444. The average Bonchev–Trinajstić information content (AvgIpc) is 3.37. The highest BCUT2D eigenvalue weighted by atomic mass is 35.5. The number of phenols is 1. The molecule has 3 N–H and O–H groups in total. The highest BCUT2D eigenvalue weighted by Crippen LogP contribution is 2.34. The molecule has 0 spiro atoms. The Kier molecular flexibility index (Phi) is 5.04. The number of carbonyl (C=O) groups is 1. The van der Waals surface area contributed by atoms with Gasteiger partial charge in [0.25, 0.3) is 0 Å². The van der Waals surface area contributed by atoms with E-state index in [0.29, 0.717) is 17.0 Å². The number of benzene rings is 2. The summed E-state index contributed by atoms with van der Waals surface area (Å²) in [5.41, 5.74) is 7.21. The van der Waals surface area contributed by atoms with Crippen molar-refractivity contribution in [3.05, 3.63) is 64.4 Å². The zero-order valence-corrected chi connectivity index (χ0v) is 15.4. The summed E-state index contributed by atoms with van der Waals surface area (Å²) in [5.74, 6) is -0.283. The molecule has 27 heavy (non-hydrogen) atoms. The topological polar surface area (TPSA) is 64.6 Å². The fourth-order valence-electron chi connectivity index (χ4n) is 3.53. The maximum Gasteiger partial charge on any atom is 0.241 e. The molecule has 0 radical (unpaired) electrons. The molecule has 142 valence electrons. The molecule has 0 aromatic heterocycles. The number of hydrazine groups is 1. The highest BCUT2D eigenvalue weighted by molar-refractivity contribution is 6.31. The first kappa shape index (κ1) is 18.2. The zero-order valence-electron chi connectivity index (χ0n) is 14.7. The third-order valence-electron chi connectivity index (χ3n) is 5.17. The predicted octanol–water partition coefficient (Wildman–Crippen LogP) is 3.28. The van der Waals surface area contributed by atoms with Crippen LogP contribution < -0.4 is 10.9 Å². The average molecular weight is 390 g/mol. The van der Waals surface area contributed by atoms with Crippen LogP contribution in [0, 0.1) is 5.82 Å². The molecule has 2 aromatic carbocycles. The van der Waals surface area contributed by atoms with Gasteiger partial charge in [0.2, 0.25) is 5.91 Å². The number of halogens is 2. The number of rotatable bonds is 5. The van der Waals surface area contributed by atoms with E-state index in [0.717, 1.165) is 18.4 Å². The van der Waals surface area contributed by atoms with Gasteiger partial charge in [-0.3, -0.25) is 4.79 Å². The Balaban J connectivity index is 1.50. The maximum atomic E-state index is 14.2. The molecule has 1 amide bonds. The fraction of sp³-hybridized carbons (Fsp3) is 0.350. The summed E-state index contributed by atoms with van der Waals surface area (Å²) < 4.78 is 14.2. The summed E-state index contributed by atoms with van der Waals surface area (Å²) in [6.07, 6.45) is 2.34. The first-order chi connectivity index (χ1) is 13.0. The minimum Gasteiger partial charge on any atom is -0.508 e. The van der Waals surface area contributed by atoms with Crippen LogP contribution in [-0.2, 0) is 11.3 Å². The van der Waals surface area contributed by atoms with Crippen LogP contribution in [0.1, 0.15) is 36.4 Å². The van der Waals surface area contributed by atoms with E-state index in [4.69, 9.17) is 11.6 Å². The minimum absolute atomic E-state index is 0.0813. The summed E-state index contributed by atoms with van der Waals surface area (Å²) in [6, 6.07) is 11.1. The van der Waals surface area contributed by atoms with Crippen LogP contribution in [0.5, 0.6) is 5.75 Å². The normalized spacial score (nSPS) is 22.0. The quantitative estimate of drug-likeness (QED) is 0.734. The molecule has 2 fully saturated rings. The Hall–Kier alpha value is -2.15. The molecular formula is C20H21ClFN3O2. The van der Waals surface area contributed by atoms with Gasteiger partial charge in [-0.2, -0.15) is 0 Å². The van der Waals surface area contributed by atoms with E-state index < -0.39 is 11.9 Å². The second-order valence-corrected chi connectivity index (χ2v) is 7.49. The second-order valence-electron chi connectivity index (χ2n) is 7.09. The van der Waals surface area contributed by atoms with Gasteiger partial charge in [-0.25, -0.2) is 15.2 Å². The molecule has 5 nitrogen and oxygen atoms in total. The second kappa shape index (κ2) is 7.46. The van der Waals surface area contributed by atoms with E-state index in [1.165, 1.54) is 6.07 Å². The van der Waals surface area contributed by atoms with Gasteiger partial charge in [-0.15, -0.1) is 0 Å². The smallest absolute Gasteiger partial charge is 0.241 e. The first-order valence-corrected chi connectivity index (χ1v) is 9.44. The number of nitrogens with zero attached hydrogens (tertiary/aromatic N) is 1. The standard InChI is InChI=1S/C20H21ClFN3O2/c21-15-5-3-6-16(22)14(15)11-25(12-8-9-12)20(27)18-10-17(23-24-18)13-4-1-2-7-19(13)26/h1-7,12,17-18,23-24,26H,8-11H2. The Labute approximate surface area is 162 Å². The number of nitrogens with one attached hydrogen (secondary N) is 2. The Morgan fingerprint density at radius 3 is 2.67 bits per heavy atom. The van der Waals surface area contributed by atoms with Gasteiger partial charge in [-0.05, 0) is 37.5 Å². The molecule has 2 atom stereocenters. The van der Waals surface area contributed by atoms with Crippen molar-refractivity contribution in [2.24, 2.45) is 0 Å². The van der Waals surface area contributed by atoms with Gasteiger partial charge in [-0.1, -0.05) is 35.9 Å². The van der Waals surface area contributed by atoms with Gasteiger partial charge in [0.05, 0.1) is 12.6 Å². The third-order valence-corrected chi connectivity index (χ3v) is 5.53.